The van der Waals surface area contributed by atoms with Gasteiger partial charge in [0.1, 0.15) is 6.04 Å². The summed E-state index contributed by atoms with van der Waals surface area (Å²) in [5.41, 5.74) is 4.84. The van der Waals surface area contributed by atoms with E-state index in [1.807, 2.05) is 0 Å². The van der Waals surface area contributed by atoms with Crippen LogP contribution in [0, 0.1) is 0 Å². The summed E-state index contributed by atoms with van der Waals surface area (Å²) >= 11 is 0. The van der Waals surface area contributed by atoms with Crippen molar-refractivity contribution in [2.24, 2.45) is 5.73 Å². The Morgan fingerprint density at radius 3 is 1.82 bits per heavy atom. The maximum atomic E-state index is 9.85. The molecular weight excluding hydrogens is 186 g/mol. The van der Waals surface area contributed by atoms with Crippen molar-refractivity contribution < 1.29 is 32.2 Å². The van der Waals surface area contributed by atoms with Crippen LogP contribution in [0.4, 0.5) is 0 Å². The summed E-state index contributed by atoms with van der Waals surface area (Å²) < 4.78 is 0. The zero-order valence-electron chi connectivity index (χ0n) is 5.66. The molecule has 60 valence electrons. The molecule has 0 aromatic carbocycles. The van der Waals surface area contributed by atoms with Crippen LogP contribution >= 0.6 is 0 Å². The molecule has 0 aliphatic heterocycles. The first-order valence-corrected chi connectivity index (χ1v) is 2.24. The number of hydrogen-bond donors (Lipinski definition) is 3. The van der Waals surface area contributed by atoms with Crippen molar-refractivity contribution in [1.29, 1.82) is 0 Å². The van der Waals surface area contributed by atoms with Gasteiger partial charge in [0, 0.05) is 0 Å². The fraction of sp³-hybridized carbons (Fsp3) is 0.500. The van der Waals surface area contributed by atoms with Gasteiger partial charge < -0.3 is 28.4 Å². The Morgan fingerprint density at radius 1 is 1.36 bits per heavy atom. The predicted molar refractivity (Wildman–Crippen MR) is 33.6 cm³/mol. The fourth-order valence-electron chi connectivity index (χ4n) is 0.275. The number of carboxylic acids is 2. The Labute approximate surface area is 85.5 Å². The summed E-state index contributed by atoms with van der Waals surface area (Å²) in [4.78, 5) is 19.6. The van der Waals surface area contributed by atoms with E-state index >= 15 is 0 Å². The smallest absolute Gasteiger partial charge is 1.00 e. The van der Waals surface area contributed by atoms with Gasteiger partial charge in [-0.1, -0.05) is 0 Å². The Hall–Kier alpha value is -0.0438. The van der Waals surface area contributed by atoms with Crippen LogP contribution in [0.15, 0.2) is 0 Å². The van der Waals surface area contributed by atoms with E-state index in [1.165, 1.54) is 0 Å². The molecule has 0 heterocycles. The molecule has 0 aliphatic rings. The summed E-state index contributed by atoms with van der Waals surface area (Å²) in [6.45, 7) is 0. The van der Waals surface area contributed by atoms with Crippen LogP contribution in [0.3, 0.4) is 0 Å². The van der Waals surface area contributed by atoms with Crippen LogP contribution < -0.4 is 18.1 Å². The number of rotatable bonds is 3. The van der Waals surface area contributed by atoms with Gasteiger partial charge in [-0.15, -0.1) is 0 Å². The van der Waals surface area contributed by atoms with Crippen molar-refractivity contribution in [1.82, 2.24) is 0 Å². The average Bonchev–Trinajstić information content (AvgIpc) is 1.63. The van der Waals surface area contributed by atoms with E-state index < -0.39 is 24.4 Å². The van der Waals surface area contributed by atoms with Crippen molar-refractivity contribution in [3.8, 4) is 0 Å². The molecule has 4 N–H and O–H groups in total. The third-order valence-electron chi connectivity index (χ3n) is 0.712. The van der Waals surface area contributed by atoms with Crippen LogP contribution in [0.1, 0.15) is 6.42 Å². The summed E-state index contributed by atoms with van der Waals surface area (Å²) in [7, 11) is 0. The predicted octanol–water partition coefficient (Wildman–Crippen LogP) is -4.50. The molecule has 5 nitrogen and oxygen atoms in total. The van der Waals surface area contributed by atoms with Gasteiger partial charge in [-0.2, -0.15) is 0 Å². The maximum Gasteiger partial charge on any atom is 2.00 e. The van der Waals surface area contributed by atoms with Crippen LogP contribution in [-0.2, 0) is 9.59 Å². The summed E-state index contributed by atoms with van der Waals surface area (Å²) in [6.07, 6.45) is -0.532. The quantitative estimate of drug-likeness (QED) is 0.392. The van der Waals surface area contributed by atoms with Gasteiger partial charge in [-0.05, 0) is 0 Å². The second kappa shape index (κ2) is 8.06. The van der Waals surface area contributed by atoms with Crippen LogP contribution in [0.5, 0.6) is 0 Å². The van der Waals surface area contributed by atoms with Gasteiger partial charge in [-0.3, -0.25) is 9.59 Å². The Kier molecular flexibility index (Phi) is 12.6. The van der Waals surface area contributed by atoms with Gasteiger partial charge in [0.05, 0.1) is 6.42 Å². The van der Waals surface area contributed by atoms with Crippen molar-refractivity contribution in [3.05, 3.63) is 0 Å². The van der Waals surface area contributed by atoms with Crippen molar-refractivity contribution in [2.75, 3.05) is 0 Å². The molecule has 0 saturated carbocycles. The SMILES string of the molecule is NC(CC(=O)O)C(=O)O.[Cl-].[Mg+2]. The number of halogens is 1. The van der Waals surface area contributed by atoms with Crippen LogP contribution in [0.25, 0.3) is 0 Å². The van der Waals surface area contributed by atoms with Crippen molar-refractivity contribution in [3.63, 3.8) is 0 Å². The van der Waals surface area contributed by atoms with Crippen molar-refractivity contribution in [2.45, 2.75) is 12.5 Å². The molecule has 0 amide bonds. The molecule has 11 heavy (non-hydrogen) atoms. The van der Waals surface area contributed by atoms with Crippen molar-refractivity contribution >= 4 is 35.0 Å². The largest absolute Gasteiger partial charge is 2.00 e. The minimum absolute atomic E-state index is 0. The number of nitrogens with two attached hydrogens (primary N) is 1. The molecule has 1 unspecified atom stereocenters. The fourth-order valence-corrected chi connectivity index (χ4v) is 0.275. The van der Waals surface area contributed by atoms with Crippen LogP contribution in [0.2, 0.25) is 0 Å². The number of aliphatic carboxylic acids is 2. The Balaban J connectivity index is -0.000000320. The molecule has 1 atom stereocenters. The van der Waals surface area contributed by atoms with E-state index in [4.69, 9.17) is 15.9 Å². The van der Waals surface area contributed by atoms with Gasteiger partial charge in [0.2, 0.25) is 0 Å². The van der Waals surface area contributed by atoms with Gasteiger partial charge in [-0.25, -0.2) is 0 Å². The summed E-state index contributed by atoms with van der Waals surface area (Å²) in [5.74, 6) is -2.50. The van der Waals surface area contributed by atoms with E-state index in [2.05, 4.69) is 0 Å². The molecule has 0 radical (unpaired) electrons. The first-order chi connectivity index (χ1) is 4.04. The Morgan fingerprint density at radius 2 is 1.73 bits per heavy atom. The zero-order chi connectivity index (χ0) is 7.44. The molecule has 0 aliphatic carbocycles. The summed E-state index contributed by atoms with van der Waals surface area (Å²) in [5, 5.41) is 16.0. The monoisotopic (exact) mass is 192 g/mol. The Bertz CT molecular complexity index is 142. The second-order valence-electron chi connectivity index (χ2n) is 1.54. The topological polar surface area (TPSA) is 101 Å². The number of carbonyl (C=O) groups is 2. The first kappa shape index (κ1) is 17.2. The van der Waals surface area contributed by atoms with Gasteiger partial charge in [0.15, 0.2) is 0 Å². The number of hydrogen-bond acceptors (Lipinski definition) is 3. The van der Waals surface area contributed by atoms with E-state index in [9.17, 15) is 9.59 Å². The minimum Gasteiger partial charge on any atom is -1.00 e. The third kappa shape index (κ3) is 9.96. The molecule has 0 aromatic heterocycles. The van der Waals surface area contributed by atoms with Crippen LogP contribution in [-0.4, -0.2) is 51.2 Å². The maximum absolute atomic E-state index is 9.85. The first-order valence-electron chi connectivity index (χ1n) is 2.24. The number of carboxylic acid groups (broad SMARTS) is 2. The molecule has 0 saturated heterocycles. The zero-order valence-corrected chi connectivity index (χ0v) is 7.83. The van der Waals surface area contributed by atoms with E-state index in [1.54, 1.807) is 0 Å². The molecule has 0 bridgehead atoms. The van der Waals surface area contributed by atoms with Gasteiger partial charge >= 0.3 is 35.0 Å². The molecule has 0 rings (SSSR count). The molecule has 7 heteroatoms. The standard InChI is InChI=1S/C4H7NO4.ClH.Mg/c5-2(4(8)9)1-3(6)7;;/h2H,1,5H2,(H,6,7)(H,8,9);1H;/q;;+2/p-1. The molecule has 0 aromatic rings. The van der Waals surface area contributed by atoms with E-state index in [0.717, 1.165) is 0 Å². The molecular formula is C4H7ClMgNO4+. The normalized spacial score (nSPS) is 10.3. The minimum atomic E-state index is -1.29. The van der Waals surface area contributed by atoms with Gasteiger partial charge in [0.25, 0.3) is 0 Å². The molecule has 0 fully saturated rings. The average molecular weight is 193 g/mol. The van der Waals surface area contributed by atoms with E-state index in [-0.39, 0.29) is 35.5 Å². The van der Waals surface area contributed by atoms with E-state index in [0.29, 0.717) is 0 Å². The molecule has 0 spiro atoms. The second-order valence-corrected chi connectivity index (χ2v) is 1.54. The third-order valence-corrected chi connectivity index (χ3v) is 0.712. The summed E-state index contributed by atoms with van der Waals surface area (Å²) in [6, 6.07) is -1.29.